The Labute approximate surface area is 189 Å². The zero-order valence-corrected chi connectivity index (χ0v) is 17.7. The van der Waals surface area contributed by atoms with E-state index in [1.165, 1.54) is 6.20 Å². The summed E-state index contributed by atoms with van der Waals surface area (Å²) in [6.45, 7) is -0.535. The highest BCUT2D eigenvalue weighted by molar-refractivity contribution is 7.99. The van der Waals surface area contributed by atoms with Gasteiger partial charge >= 0.3 is 0 Å². The molecule has 0 aliphatic carbocycles. The molecule has 7 nitrogen and oxygen atoms in total. The minimum absolute atomic E-state index is 0.00622. The number of nitrogens with zero attached hydrogens (tertiary/aromatic N) is 3. The summed E-state index contributed by atoms with van der Waals surface area (Å²) in [4.78, 5) is 0.685. The van der Waals surface area contributed by atoms with E-state index < -0.39 is 53.8 Å². The minimum atomic E-state index is -1.61. The van der Waals surface area contributed by atoms with Gasteiger partial charge < -0.3 is 20.1 Å². The SMILES string of the molecule is OC[C@H]1O[C@H](Sc2cccc(Cl)c2)[C@H](O)[C@@H](n2cc(-c3cc(F)c(F)c(F)c3)nn2)[C@H]1O. The third-order valence-corrected chi connectivity index (χ3v) is 6.38. The standard InChI is InChI=1S/C20H17ClF3N3O4S/c21-10-2-1-3-11(6-10)32-20-19(30)17(18(29)15(8-28)31-20)27-7-14(25-26-27)9-4-12(22)16(24)13(23)5-9/h1-7,15,17-20,28-30H,8H2/t15-,17+,18+,19-,20-/m1/s1. The van der Waals surface area contributed by atoms with Gasteiger partial charge in [0.15, 0.2) is 17.5 Å². The maximum absolute atomic E-state index is 13.6. The largest absolute Gasteiger partial charge is 0.394 e. The molecule has 0 radical (unpaired) electrons. The highest BCUT2D eigenvalue weighted by Crippen LogP contribution is 2.38. The number of rotatable bonds is 5. The summed E-state index contributed by atoms with van der Waals surface area (Å²) in [5.41, 5.74) is -0.993. The van der Waals surface area contributed by atoms with E-state index in [4.69, 9.17) is 16.3 Å². The number of benzene rings is 2. The molecule has 3 aromatic rings. The van der Waals surface area contributed by atoms with Crippen molar-refractivity contribution in [1.82, 2.24) is 15.0 Å². The van der Waals surface area contributed by atoms with Crippen molar-refractivity contribution in [2.24, 2.45) is 0 Å². The Balaban J connectivity index is 1.64. The number of halogens is 4. The molecular formula is C20H17ClF3N3O4S. The van der Waals surface area contributed by atoms with Gasteiger partial charge in [-0.15, -0.1) is 5.10 Å². The Hall–Kier alpha value is -2.15. The third kappa shape index (κ3) is 4.49. The van der Waals surface area contributed by atoms with E-state index in [1.54, 1.807) is 24.3 Å². The lowest BCUT2D eigenvalue weighted by molar-refractivity contribution is -0.178. The molecular weight excluding hydrogens is 471 g/mol. The lowest BCUT2D eigenvalue weighted by Crippen LogP contribution is -2.55. The number of hydrogen-bond acceptors (Lipinski definition) is 7. The van der Waals surface area contributed by atoms with E-state index >= 15 is 0 Å². The molecule has 1 aliphatic heterocycles. The molecule has 0 unspecified atom stereocenters. The molecule has 12 heteroatoms. The first kappa shape index (κ1) is 23.0. The van der Waals surface area contributed by atoms with Crippen molar-refractivity contribution >= 4 is 23.4 Å². The van der Waals surface area contributed by atoms with Crippen LogP contribution in [-0.4, -0.2) is 60.7 Å². The van der Waals surface area contributed by atoms with Crippen LogP contribution in [0.5, 0.6) is 0 Å². The molecule has 3 N–H and O–H groups in total. The van der Waals surface area contributed by atoms with Crippen LogP contribution in [0.3, 0.4) is 0 Å². The van der Waals surface area contributed by atoms with Crippen LogP contribution in [0, 0.1) is 17.5 Å². The average Bonchev–Trinajstić information content (AvgIpc) is 3.23. The van der Waals surface area contributed by atoms with Crippen LogP contribution in [0.2, 0.25) is 5.02 Å². The second kappa shape index (κ2) is 9.38. The Morgan fingerprint density at radius 2 is 1.81 bits per heavy atom. The van der Waals surface area contributed by atoms with Gasteiger partial charge in [-0.25, -0.2) is 17.9 Å². The summed E-state index contributed by atoms with van der Waals surface area (Å²) >= 11 is 7.13. The molecule has 5 atom stereocenters. The lowest BCUT2D eigenvalue weighted by Gasteiger charge is -2.41. The predicted molar refractivity (Wildman–Crippen MR) is 109 cm³/mol. The Kier molecular flexibility index (Phi) is 6.75. The molecule has 0 spiro atoms. The van der Waals surface area contributed by atoms with Crippen molar-refractivity contribution in [1.29, 1.82) is 0 Å². The van der Waals surface area contributed by atoms with E-state index in [9.17, 15) is 28.5 Å². The molecule has 1 aliphatic rings. The van der Waals surface area contributed by atoms with Crippen molar-refractivity contribution in [3.05, 3.63) is 65.1 Å². The van der Waals surface area contributed by atoms with E-state index in [-0.39, 0.29) is 11.3 Å². The van der Waals surface area contributed by atoms with Gasteiger partial charge in [0.05, 0.1) is 12.8 Å². The Morgan fingerprint density at radius 1 is 1.09 bits per heavy atom. The highest BCUT2D eigenvalue weighted by atomic mass is 35.5. The van der Waals surface area contributed by atoms with Crippen LogP contribution < -0.4 is 0 Å². The van der Waals surface area contributed by atoms with Gasteiger partial charge in [0.1, 0.15) is 35.5 Å². The van der Waals surface area contributed by atoms with Crippen molar-refractivity contribution in [3.63, 3.8) is 0 Å². The van der Waals surface area contributed by atoms with Gasteiger partial charge in [0, 0.05) is 15.5 Å². The number of aliphatic hydroxyl groups is 3. The van der Waals surface area contributed by atoms with Crippen molar-refractivity contribution in [3.8, 4) is 11.3 Å². The number of aromatic nitrogens is 3. The molecule has 1 aromatic heterocycles. The topological polar surface area (TPSA) is 101 Å². The van der Waals surface area contributed by atoms with Crippen LogP contribution in [0.1, 0.15) is 6.04 Å². The minimum Gasteiger partial charge on any atom is -0.394 e. The highest BCUT2D eigenvalue weighted by Gasteiger charge is 2.46. The first-order chi connectivity index (χ1) is 15.3. The van der Waals surface area contributed by atoms with Crippen LogP contribution in [0.15, 0.2) is 47.5 Å². The molecule has 0 amide bonds. The number of ether oxygens (including phenoxy) is 1. The van der Waals surface area contributed by atoms with E-state index in [2.05, 4.69) is 10.3 Å². The Morgan fingerprint density at radius 3 is 2.47 bits per heavy atom. The summed E-state index contributed by atoms with van der Waals surface area (Å²) < 4.78 is 47.2. The fraction of sp³-hybridized carbons (Fsp3) is 0.300. The first-order valence-electron chi connectivity index (χ1n) is 9.40. The average molecular weight is 488 g/mol. The third-order valence-electron chi connectivity index (χ3n) is 4.99. The van der Waals surface area contributed by atoms with Crippen LogP contribution >= 0.6 is 23.4 Å². The lowest BCUT2D eigenvalue weighted by atomic mass is 9.97. The Bertz CT molecular complexity index is 1100. The molecule has 2 heterocycles. The predicted octanol–water partition coefficient (Wildman–Crippen LogP) is 2.79. The molecule has 1 saturated heterocycles. The van der Waals surface area contributed by atoms with E-state index in [1.807, 2.05) is 0 Å². The zero-order valence-electron chi connectivity index (χ0n) is 16.1. The maximum Gasteiger partial charge on any atom is 0.194 e. The number of aliphatic hydroxyl groups excluding tert-OH is 3. The molecule has 1 fully saturated rings. The van der Waals surface area contributed by atoms with Gasteiger partial charge in [-0.2, -0.15) is 0 Å². The fourth-order valence-electron chi connectivity index (χ4n) is 3.41. The van der Waals surface area contributed by atoms with Gasteiger partial charge in [0.25, 0.3) is 0 Å². The summed E-state index contributed by atoms with van der Waals surface area (Å²) in [5.74, 6) is -4.39. The second-order valence-electron chi connectivity index (χ2n) is 7.11. The number of hydrogen-bond donors (Lipinski definition) is 3. The monoisotopic (exact) mass is 487 g/mol. The van der Waals surface area contributed by atoms with Gasteiger partial charge in [-0.1, -0.05) is 34.6 Å². The first-order valence-corrected chi connectivity index (χ1v) is 10.7. The van der Waals surface area contributed by atoms with Crippen LogP contribution in [-0.2, 0) is 4.74 Å². The summed E-state index contributed by atoms with van der Waals surface area (Å²) in [5, 5.41) is 39.4. The van der Waals surface area contributed by atoms with Gasteiger partial charge in [-0.3, -0.25) is 0 Å². The maximum atomic E-state index is 13.6. The number of thioether (sulfide) groups is 1. The molecule has 170 valence electrons. The fourth-order valence-corrected chi connectivity index (χ4v) is 4.78. The molecule has 2 aromatic carbocycles. The van der Waals surface area contributed by atoms with Crippen molar-refractivity contribution in [2.75, 3.05) is 6.61 Å². The van der Waals surface area contributed by atoms with Crippen LogP contribution in [0.4, 0.5) is 13.2 Å². The summed E-state index contributed by atoms with van der Waals surface area (Å²) in [6.07, 6.45) is -2.48. The summed E-state index contributed by atoms with van der Waals surface area (Å²) in [7, 11) is 0. The van der Waals surface area contributed by atoms with Crippen LogP contribution in [0.25, 0.3) is 11.3 Å². The summed E-state index contributed by atoms with van der Waals surface area (Å²) in [6, 6.07) is 7.25. The second-order valence-corrected chi connectivity index (χ2v) is 8.72. The van der Waals surface area contributed by atoms with Crippen molar-refractivity contribution < 1.29 is 33.2 Å². The molecule has 32 heavy (non-hydrogen) atoms. The smallest absolute Gasteiger partial charge is 0.194 e. The van der Waals surface area contributed by atoms with Gasteiger partial charge in [0.2, 0.25) is 0 Å². The van der Waals surface area contributed by atoms with Crippen molar-refractivity contribution in [2.45, 2.75) is 34.7 Å². The quantitative estimate of drug-likeness (QED) is 0.476. The van der Waals surface area contributed by atoms with E-state index in [0.29, 0.717) is 9.92 Å². The van der Waals surface area contributed by atoms with Gasteiger partial charge in [-0.05, 0) is 30.3 Å². The normalized spacial score (nSPS) is 25.8. The molecule has 0 bridgehead atoms. The molecule has 4 rings (SSSR count). The zero-order chi connectivity index (χ0) is 23.0. The van der Waals surface area contributed by atoms with E-state index in [0.717, 1.165) is 28.6 Å². The molecule has 0 saturated carbocycles.